The number of likely N-dealkylation sites (tertiary alicyclic amines) is 1. The van der Waals surface area contributed by atoms with Crippen LogP contribution in [0, 0.1) is 18.7 Å². The molecule has 0 aliphatic carbocycles. The number of amides is 1. The number of nitrogens with one attached hydrogen (secondary N) is 1. The predicted octanol–water partition coefficient (Wildman–Crippen LogP) is 4.30. The van der Waals surface area contributed by atoms with E-state index in [0.29, 0.717) is 36.0 Å². The second kappa shape index (κ2) is 10.1. The molecule has 0 radical (unpaired) electrons. The number of anilines is 1. The zero-order valence-electron chi connectivity index (χ0n) is 19.7. The lowest BCUT2D eigenvalue weighted by atomic mass is 9.96. The Balaban J connectivity index is 1.22. The first-order valence-corrected chi connectivity index (χ1v) is 12.3. The van der Waals surface area contributed by atoms with Crippen molar-refractivity contribution in [1.29, 1.82) is 0 Å². The van der Waals surface area contributed by atoms with Gasteiger partial charge in [0.15, 0.2) is 0 Å². The molecule has 0 spiro atoms. The number of benzene rings is 1. The zero-order valence-corrected chi connectivity index (χ0v) is 19.7. The van der Waals surface area contributed by atoms with E-state index in [2.05, 4.69) is 25.1 Å². The van der Waals surface area contributed by atoms with Gasteiger partial charge in [-0.15, -0.1) is 0 Å². The van der Waals surface area contributed by atoms with Crippen molar-refractivity contribution in [2.45, 2.75) is 45.6 Å². The summed E-state index contributed by atoms with van der Waals surface area (Å²) in [7, 11) is 0. The molecule has 5 rings (SSSR count). The highest BCUT2D eigenvalue weighted by Crippen LogP contribution is 2.32. The van der Waals surface area contributed by atoms with Crippen molar-refractivity contribution in [3.05, 3.63) is 53.3 Å². The quantitative estimate of drug-likeness (QED) is 0.585. The van der Waals surface area contributed by atoms with Crippen molar-refractivity contribution in [3.63, 3.8) is 0 Å². The lowest BCUT2D eigenvalue weighted by Gasteiger charge is -2.32. The summed E-state index contributed by atoms with van der Waals surface area (Å²) in [6.45, 7) is 6.73. The fraction of sp³-hybridized carbons (Fsp3) is 0.500. The number of rotatable bonds is 6. The number of carbonyl (C=O) groups is 1. The van der Waals surface area contributed by atoms with Crippen LogP contribution in [0.15, 0.2) is 35.0 Å². The van der Waals surface area contributed by atoms with Gasteiger partial charge in [0.25, 0.3) is 5.91 Å². The molecule has 3 aromatic rings. The topological polar surface area (TPSA) is 74.5 Å². The number of nitrogens with zero attached hydrogens (tertiary/aromatic N) is 4. The minimum Gasteiger partial charge on any atom is -0.442 e. The molecule has 0 bridgehead atoms. The standard InChI is InChI=1S/C26H32FN5O2/c1-18-22(23-24(29-17-30-26(23)34-18)32-11-5-2-6-12-32)25(33)28-15-19-9-13-31(14-10-19)16-20-7-3-4-8-21(20)27/h3-4,7-8,17,19H,2,5-6,9-16H2,1H3,(H,28,33). The van der Waals surface area contributed by atoms with Crippen LogP contribution in [0.3, 0.4) is 0 Å². The molecule has 2 aromatic heterocycles. The Labute approximate surface area is 199 Å². The van der Waals surface area contributed by atoms with Crippen molar-refractivity contribution in [2.75, 3.05) is 37.6 Å². The van der Waals surface area contributed by atoms with Crippen molar-refractivity contribution >= 4 is 22.8 Å². The normalized spacial score (nSPS) is 17.9. The van der Waals surface area contributed by atoms with E-state index in [-0.39, 0.29) is 11.7 Å². The zero-order chi connectivity index (χ0) is 23.5. The highest BCUT2D eigenvalue weighted by molar-refractivity contribution is 6.10. The van der Waals surface area contributed by atoms with E-state index in [1.807, 2.05) is 19.1 Å². The van der Waals surface area contributed by atoms with E-state index in [1.54, 1.807) is 6.07 Å². The monoisotopic (exact) mass is 465 g/mol. The van der Waals surface area contributed by atoms with Crippen molar-refractivity contribution < 1.29 is 13.6 Å². The van der Waals surface area contributed by atoms with E-state index in [0.717, 1.165) is 68.6 Å². The van der Waals surface area contributed by atoms with E-state index in [4.69, 9.17) is 4.42 Å². The largest absolute Gasteiger partial charge is 0.442 e. The third-order valence-corrected chi connectivity index (χ3v) is 7.14. The second-order valence-corrected chi connectivity index (χ2v) is 9.48. The summed E-state index contributed by atoms with van der Waals surface area (Å²) in [6.07, 6.45) is 6.94. The second-order valence-electron chi connectivity index (χ2n) is 9.48. The number of aryl methyl sites for hydroxylation is 1. The lowest BCUT2D eigenvalue weighted by molar-refractivity contribution is 0.0935. The molecular formula is C26H32FN5O2. The molecule has 8 heteroatoms. The molecular weight excluding hydrogens is 433 g/mol. The molecule has 1 aromatic carbocycles. The Bertz CT molecular complexity index is 1150. The van der Waals surface area contributed by atoms with E-state index >= 15 is 0 Å². The Morgan fingerprint density at radius 1 is 1.12 bits per heavy atom. The molecule has 0 unspecified atom stereocenters. The molecule has 2 saturated heterocycles. The molecule has 7 nitrogen and oxygen atoms in total. The summed E-state index contributed by atoms with van der Waals surface area (Å²) < 4.78 is 19.8. The summed E-state index contributed by atoms with van der Waals surface area (Å²) in [5, 5.41) is 3.86. The van der Waals surface area contributed by atoms with Crippen molar-refractivity contribution in [1.82, 2.24) is 20.2 Å². The van der Waals surface area contributed by atoms with Gasteiger partial charge in [0.05, 0.1) is 10.9 Å². The highest BCUT2D eigenvalue weighted by Gasteiger charge is 2.27. The van der Waals surface area contributed by atoms with E-state index < -0.39 is 0 Å². The molecule has 2 aliphatic rings. The number of fused-ring (bicyclic) bond motifs is 1. The molecule has 2 fully saturated rings. The van der Waals surface area contributed by atoms with Gasteiger partial charge >= 0.3 is 0 Å². The Kier molecular flexibility index (Phi) is 6.76. The van der Waals surface area contributed by atoms with Gasteiger partial charge in [0.1, 0.15) is 23.7 Å². The first kappa shape index (κ1) is 22.8. The minimum absolute atomic E-state index is 0.127. The van der Waals surface area contributed by atoms with Crippen LogP contribution in [0.1, 0.15) is 53.8 Å². The Hall–Kier alpha value is -3.00. The maximum atomic E-state index is 14.0. The van der Waals surface area contributed by atoms with Crippen LogP contribution in [0.2, 0.25) is 0 Å². The molecule has 1 amide bonds. The van der Waals surface area contributed by atoms with Crippen molar-refractivity contribution in [2.24, 2.45) is 5.92 Å². The van der Waals surface area contributed by atoms with Crippen LogP contribution in [0.5, 0.6) is 0 Å². The van der Waals surface area contributed by atoms with Gasteiger partial charge in [-0.1, -0.05) is 18.2 Å². The average Bonchev–Trinajstić information content (AvgIpc) is 3.21. The number of aromatic nitrogens is 2. The van der Waals surface area contributed by atoms with Gasteiger partial charge in [-0.2, -0.15) is 0 Å². The maximum absolute atomic E-state index is 14.0. The van der Waals surface area contributed by atoms with Crippen LogP contribution in [0.4, 0.5) is 10.2 Å². The number of piperidine rings is 2. The molecule has 2 aliphatic heterocycles. The third kappa shape index (κ3) is 4.78. The summed E-state index contributed by atoms with van der Waals surface area (Å²) in [5.41, 5.74) is 1.76. The predicted molar refractivity (Wildman–Crippen MR) is 129 cm³/mol. The van der Waals surface area contributed by atoms with Gasteiger partial charge in [0, 0.05) is 31.7 Å². The van der Waals surface area contributed by atoms with Crippen LogP contribution in [-0.4, -0.2) is 53.5 Å². The van der Waals surface area contributed by atoms with Crippen LogP contribution >= 0.6 is 0 Å². The van der Waals surface area contributed by atoms with Gasteiger partial charge in [0.2, 0.25) is 5.71 Å². The highest BCUT2D eigenvalue weighted by atomic mass is 19.1. The number of carbonyl (C=O) groups excluding carboxylic acids is 1. The lowest BCUT2D eigenvalue weighted by Crippen LogP contribution is -2.38. The Morgan fingerprint density at radius 3 is 2.65 bits per heavy atom. The molecule has 0 saturated carbocycles. The van der Waals surface area contributed by atoms with E-state index in [9.17, 15) is 9.18 Å². The number of halogens is 1. The fourth-order valence-corrected chi connectivity index (χ4v) is 5.19. The summed E-state index contributed by atoms with van der Waals surface area (Å²) in [5.74, 6) is 1.50. The smallest absolute Gasteiger partial charge is 0.255 e. The first-order chi connectivity index (χ1) is 16.6. The molecule has 34 heavy (non-hydrogen) atoms. The number of hydrogen-bond donors (Lipinski definition) is 1. The van der Waals surface area contributed by atoms with Gasteiger partial charge in [-0.05, 0) is 64.1 Å². The molecule has 0 atom stereocenters. The average molecular weight is 466 g/mol. The Morgan fingerprint density at radius 2 is 1.88 bits per heavy atom. The molecule has 4 heterocycles. The summed E-state index contributed by atoms with van der Waals surface area (Å²) >= 11 is 0. The summed E-state index contributed by atoms with van der Waals surface area (Å²) in [6, 6.07) is 6.96. The van der Waals surface area contributed by atoms with Gasteiger partial charge in [-0.3, -0.25) is 9.69 Å². The first-order valence-electron chi connectivity index (χ1n) is 12.3. The van der Waals surface area contributed by atoms with Crippen LogP contribution < -0.4 is 10.2 Å². The van der Waals surface area contributed by atoms with Crippen molar-refractivity contribution in [3.8, 4) is 0 Å². The molecule has 180 valence electrons. The number of furan rings is 1. The fourth-order valence-electron chi connectivity index (χ4n) is 5.19. The van der Waals surface area contributed by atoms with Gasteiger partial charge < -0.3 is 14.6 Å². The van der Waals surface area contributed by atoms with Crippen LogP contribution in [0.25, 0.3) is 11.1 Å². The van der Waals surface area contributed by atoms with E-state index in [1.165, 1.54) is 18.8 Å². The summed E-state index contributed by atoms with van der Waals surface area (Å²) in [4.78, 5) is 26.6. The SMILES string of the molecule is Cc1oc2ncnc(N3CCCCC3)c2c1C(=O)NCC1CCN(Cc2ccccc2F)CC1. The number of hydrogen-bond acceptors (Lipinski definition) is 6. The van der Waals surface area contributed by atoms with Gasteiger partial charge in [-0.25, -0.2) is 14.4 Å². The maximum Gasteiger partial charge on any atom is 0.255 e. The third-order valence-electron chi connectivity index (χ3n) is 7.14. The minimum atomic E-state index is -0.146. The van der Waals surface area contributed by atoms with Crippen LogP contribution in [-0.2, 0) is 6.54 Å². The molecule has 1 N–H and O–H groups in total.